The summed E-state index contributed by atoms with van der Waals surface area (Å²) in [6.07, 6.45) is 0.645. The molecule has 0 spiro atoms. The Bertz CT molecular complexity index is 185. The fraction of sp³-hybridized carbons (Fsp3) is 0.333. The van der Waals surface area contributed by atoms with Gasteiger partial charge in [0.15, 0.2) is 0 Å². The van der Waals surface area contributed by atoms with Gasteiger partial charge in [-0.3, -0.25) is 0 Å². The number of aromatic nitrogens is 1. The Hall–Kier alpha value is -0.410. The van der Waals surface area contributed by atoms with Crippen molar-refractivity contribution in [2.45, 2.75) is 6.42 Å². The maximum absolute atomic E-state index is 8.47. The van der Waals surface area contributed by atoms with Crippen LogP contribution in [-0.2, 0) is 6.42 Å². The van der Waals surface area contributed by atoms with Crippen LogP contribution in [0.2, 0.25) is 0 Å². The van der Waals surface area contributed by atoms with Gasteiger partial charge in [-0.1, -0.05) is 0 Å². The molecular weight excluding hydrogens is 134 g/mol. The molecule has 1 heterocycles. The summed E-state index contributed by atoms with van der Waals surface area (Å²) in [4.78, 5) is 4.05. The minimum atomic E-state index is 0.170. The van der Waals surface area contributed by atoms with Crippen LogP contribution in [0.15, 0.2) is 5.38 Å². The first-order valence-corrected chi connectivity index (χ1v) is 3.58. The first kappa shape index (κ1) is 6.71. The summed E-state index contributed by atoms with van der Waals surface area (Å²) in [5, 5.41) is 11.2. The van der Waals surface area contributed by atoms with Crippen LogP contribution in [0.25, 0.3) is 0 Å². The van der Waals surface area contributed by atoms with E-state index < -0.39 is 0 Å². The highest BCUT2D eigenvalue weighted by molar-refractivity contribution is 7.09. The van der Waals surface area contributed by atoms with Crippen molar-refractivity contribution in [2.24, 2.45) is 0 Å². The van der Waals surface area contributed by atoms with Crippen LogP contribution in [-0.4, -0.2) is 16.7 Å². The van der Waals surface area contributed by atoms with Crippen molar-refractivity contribution < 1.29 is 5.11 Å². The molecule has 0 saturated carbocycles. The van der Waals surface area contributed by atoms with Crippen molar-refractivity contribution >= 4 is 11.3 Å². The Balaban J connectivity index is 2.61. The summed E-state index contributed by atoms with van der Waals surface area (Å²) in [7, 11) is 0. The lowest BCUT2D eigenvalue weighted by molar-refractivity contribution is 0.298. The largest absolute Gasteiger partial charge is 0.396 e. The first-order chi connectivity index (χ1) is 4.33. The Morgan fingerprint density at radius 2 is 2.56 bits per heavy atom. The monoisotopic (exact) mass is 142 g/mol. The molecule has 0 aliphatic heterocycles. The van der Waals surface area contributed by atoms with E-state index in [9.17, 15) is 0 Å². The van der Waals surface area contributed by atoms with E-state index in [4.69, 9.17) is 5.11 Å². The summed E-state index contributed by atoms with van der Waals surface area (Å²) >= 11 is 1.51. The maximum atomic E-state index is 8.47. The van der Waals surface area contributed by atoms with Gasteiger partial charge in [0.1, 0.15) is 0 Å². The smallest absolute Gasteiger partial charge is 0.0932 e. The van der Waals surface area contributed by atoms with Crippen LogP contribution in [0.4, 0.5) is 0 Å². The van der Waals surface area contributed by atoms with E-state index in [1.54, 1.807) is 0 Å². The Morgan fingerprint density at radius 1 is 1.78 bits per heavy atom. The van der Waals surface area contributed by atoms with Gasteiger partial charge in [-0.25, -0.2) is 4.98 Å². The molecular formula is C6H8NOS. The fourth-order valence-corrected chi connectivity index (χ4v) is 1.19. The highest BCUT2D eigenvalue weighted by Gasteiger charge is 1.94. The Morgan fingerprint density at radius 3 is 3.00 bits per heavy atom. The van der Waals surface area contributed by atoms with Crippen molar-refractivity contribution in [2.75, 3.05) is 6.61 Å². The number of hydrogen-bond acceptors (Lipinski definition) is 3. The van der Waals surface area contributed by atoms with Gasteiger partial charge in [0, 0.05) is 25.3 Å². The summed E-state index contributed by atoms with van der Waals surface area (Å²) in [5.74, 6) is 0. The van der Waals surface area contributed by atoms with Crippen molar-refractivity contribution in [1.29, 1.82) is 0 Å². The predicted octanol–water partition coefficient (Wildman–Crippen LogP) is 0.860. The van der Waals surface area contributed by atoms with Gasteiger partial charge in [-0.2, -0.15) is 0 Å². The van der Waals surface area contributed by atoms with Crippen molar-refractivity contribution in [1.82, 2.24) is 4.98 Å². The second-order valence-electron chi connectivity index (χ2n) is 1.71. The van der Waals surface area contributed by atoms with E-state index >= 15 is 0 Å². The lowest BCUT2D eigenvalue weighted by Crippen LogP contribution is -1.89. The highest BCUT2D eigenvalue weighted by Crippen LogP contribution is 2.07. The zero-order valence-electron chi connectivity index (χ0n) is 5.00. The average Bonchev–Trinajstić information content (AvgIpc) is 2.17. The van der Waals surface area contributed by atoms with Gasteiger partial charge in [-0.15, -0.1) is 11.3 Å². The number of aliphatic hydroxyl groups excluding tert-OH is 1. The van der Waals surface area contributed by atoms with Crippen LogP contribution in [0.1, 0.15) is 10.7 Å². The van der Waals surface area contributed by atoms with Gasteiger partial charge in [0.25, 0.3) is 0 Å². The van der Waals surface area contributed by atoms with Gasteiger partial charge in [0.05, 0.1) is 10.7 Å². The topological polar surface area (TPSA) is 33.1 Å². The molecule has 2 nitrogen and oxygen atoms in total. The molecule has 3 heteroatoms. The third kappa shape index (κ3) is 1.77. The Kier molecular flexibility index (Phi) is 2.19. The molecule has 1 N–H and O–H groups in total. The summed E-state index contributed by atoms with van der Waals surface area (Å²) in [5.41, 5.74) is 0.938. The third-order valence-electron chi connectivity index (χ3n) is 0.967. The lowest BCUT2D eigenvalue weighted by atomic mass is 10.4. The molecule has 1 aromatic heterocycles. The van der Waals surface area contributed by atoms with Crippen LogP contribution in [0.3, 0.4) is 0 Å². The highest BCUT2D eigenvalue weighted by atomic mass is 32.1. The van der Waals surface area contributed by atoms with E-state index in [0.29, 0.717) is 6.42 Å². The molecule has 0 aliphatic rings. The molecule has 0 bridgehead atoms. The molecule has 9 heavy (non-hydrogen) atoms. The minimum absolute atomic E-state index is 0.170. The van der Waals surface area contributed by atoms with E-state index in [1.807, 2.05) is 5.38 Å². The van der Waals surface area contributed by atoms with Crippen LogP contribution in [0, 0.1) is 6.92 Å². The molecule has 1 radical (unpaired) electrons. The lowest BCUT2D eigenvalue weighted by Gasteiger charge is -1.85. The minimum Gasteiger partial charge on any atom is -0.396 e. The van der Waals surface area contributed by atoms with Gasteiger partial charge in [0.2, 0.25) is 0 Å². The number of thiazole rings is 1. The molecule has 0 aliphatic carbocycles. The fourth-order valence-electron chi connectivity index (χ4n) is 0.578. The van der Waals surface area contributed by atoms with Crippen molar-refractivity contribution in [3.8, 4) is 0 Å². The summed E-state index contributed by atoms with van der Waals surface area (Å²) in [6, 6.07) is 0. The van der Waals surface area contributed by atoms with E-state index in [0.717, 1.165) is 10.7 Å². The summed E-state index contributed by atoms with van der Waals surface area (Å²) in [6.45, 7) is 3.82. The molecule has 0 amide bonds. The molecule has 0 fully saturated rings. The number of rotatable bonds is 2. The number of hydrogen-bond donors (Lipinski definition) is 1. The SMILES string of the molecule is [CH2]c1nc(CCO)cs1. The summed E-state index contributed by atoms with van der Waals surface area (Å²) < 4.78 is 0. The second-order valence-corrected chi connectivity index (χ2v) is 2.65. The van der Waals surface area contributed by atoms with E-state index in [1.165, 1.54) is 11.3 Å². The van der Waals surface area contributed by atoms with Crippen LogP contribution < -0.4 is 0 Å². The quantitative estimate of drug-likeness (QED) is 0.664. The van der Waals surface area contributed by atoms with Crippen LogP contribution in [0.5, 0.6) is 0 Å². The van der Waals surface area contributed by atoms with Crippen molar-refractivity contribution in [3.05, 3.63) is 23.0 Å². The molecule has 49 valence electrons. The van der Waals surface area contributed by atoms with Gasteiger partial charge < -0.3 is 5.11 Å². The molecule has 0 atom stereocenters. The average molecular weight is 142 g/mol. The normalized spacial score (nSPS) is 10.0. The van der Waals surface area contributed by atoms with E-state index in [2.05, 4.69) is 11.9 Å². The second kappa shape index (κ2) is 2.94. The number of nitrogens with zero attached hydrogens (tertiary/aromatic N) is 1. The molecule has 0 aromatic carbocycles. The van der Waals surface area contributed by atoms with E-state index in [-0.39, 0.29) is 6.61 Å². The third-order valence-corrected chi connectivity index (χ3v) is 1.72. The first-order valence-electron chi connectivity index (χ1n) is 2.70. The molecule has 0 saturated heterocycles. The van der Waals surface area contributed by atoms with Gasteiger partial charge in [-0.05, 0) is 0 Å². The zero-order valence-corrected chi connectivity index (χ0v) is 5.82. The predicted molar refractivity (Wildman–Crippen MR) is 37.4 cm³/mol. The van der Waals surface area contributed by atoms with Crippen LogP contribution >= 0.6 is 11.3 Å². The molecule has 1 rings (SSSR count). The maximum Gasteiger partial charge on any atom is 0.0932 e. The Labute approximate surface area is 58.2 Å². The number of aliphatic hydroxyl groups is 1. The zero-order chi connectivity index (χ0) is 6.69. The molecule has 0 unspecified atom stereocenters. The standard InChI is InChI=1S/C6H8NOS/c1-5-7-6(2-3-8)4-9-5/h4,8H,1-3H2. The molecule has 1 aromatic rings. The van der Waals surface area contributed by atoms with Gasteiger partial charge >= 0.3 is 0 Å². The van der Waals surface area contributed by atoms with Crippen molar-refractivity contribution in [3.63, 3.8) is 0 Å².